The molecule has 3 atom stereocenters. The van der Waals surface area contributed by atoms with E-state index in [0.717, 1.165) is 55.3 Å². The third-order valence-electron chi connectivity index (χ3n) is 10.6. The molecule has 6 rings (SSSR count). The number of thiazole rings is 1. The average molecular weight is 851 g/mol. The highest BCUT2D eigenvalue weighted by Crippen LogP contribution is 2.29. The summed E-state index contributed by atoms with van der Waals surface area (Å²) >= 11 is 1.58. The number of amides is 3. The van der Waals surface area contributed by atoms with Gasteiger partial charge in [0.1, 0.15) is 24.4 Å². The second-order valence-electron chi connectivity index (χ2n) is 16.7. The van der Waals surface area contributed by atoms with Gasteiger partial charge in [0, 0.05) is 76.5 Å². The molecule has 324 valence electrons. The van der Waals surface area contributed by atoms with Gasteiger partial charge in [-0.15, -0.1) is 11.3 Å². The number of nitrogens with one attached hydrogen (secondary N) is 2. The van der Waals surface area contributed by atoms with Crippen molar-refractivity contribution in [1.29, 1.82) is 0 Å². The lowest BCUT2D eigenvalue weighted by Crippen LogP contribution is -2.58. The normalized spacial score (nSPS) is 15.8. The van der Waals surface area contributed by atoms with E-state index in [1.165, 1.54) is 4.90 Å². The molecule has 3 aromatic carbocycles. The number of aliphatic hydroxyl groups excluding tert-OH is 1. The second-order valence-corrected chi connectivity index (χ2v) is 17.5. The van der Waals surface area contributed by atoms with Crippen molar-refractivity contribution >= 4 is 45.6 Å². The summed E-state index contributed by atoms with van der Waals surface area (Å²) in [6, 6.07) is 24.4. The minimum absolute atomic E-state index is 0.000828. The minimum Gasteiger partial charge on any atom is -0.493 e. The fourth-order valence-corrected chi connectivity index (χ4v) is 7.96. The molecular weight excluding hydrogens is 793 g/mol. The predicted molar refractivity (Wildman–Crippen MR) is 240 cm³/mol. The number of hydrogen-bond acceptors (Lipinski definition) is 11. The van der Waals surface area contributed by atoms with E-state index >= 15 is 0 Å². The van der Waals surface area contributed by atoms with E-state index in [9.17, 15) is 19.5 Å². The molecule has 0 spiro atoms. The number of aryl methyl sites for hydroxylation is 1. The summed E-state index contributed by atoms with van der Waals surface area (Å²) in [5, 5.41) is 17.3. The Kier molecular flexibility index (Phi) is 15.5. The highest BCUT2D eigenvalue weighted by Gasteiger charge is 2.44. The number of nitrogens with zero attached hydrogens (tertiary/aromatic N) is 4. The lowest BCUT2D eigenvalue weighted by atomic mass is 9.85. The van der Waals surface area contributed by atoms with Gasteiger partial charge in [0.25, 0.3) is 0 Å². The molecule has 13 nitrogen and oxygen atoms in total. The van der Waals surface area contributed by atoms with Crippen LogP contribution < -0.4 is 20.3 Å². The summed E-state index contributed by atoms with van der Waals surface area (Å²) in [6.45, 7) is 9.35. The monoisotopic (exact) mass is 850 g/mol. The number of carbonyl (C=O) groups excluding carboxylic acids is 3. The average Bonchev–Trinajstić information content (AvgIpc) is 3.86. The maximum atomic E-state index is 13.9. The molecular formula is C47H58N6O7S. The van der Waals surface area contributed by atoms with Crippen molar-refractivity contribution < 1.29 is 33.7 Å². The molecule has 61 heavy (non-hydrogen) atoms. The van der Waals surface area contributed by atoms with Crippen LogP contribution in [0.2, 0.25) is 0 Å². The zero-order valence-corrected chi connectivity index (χ0v) is 36.8. The van der Waals surface area contributed by atoms with Crippen molar-refractivity contribution in [3.05, 3.63) is 95.6 Å². The van der Waals surface area contributed by atoms with Gasteiger partial charge in [-0.25, -0.2) is 9.97 Å². The number of likely N-dealkylation sites (tertiary alicyclic amines) is 1. The Balaban J connectivity index is 0.868. The maximum Gasteiger partial charge on any atom is 0.246 e. The number of ether oxygens (including phenoxy) is 3. The van der Waals surface area contributed by atoms with Gasteiger partial charge >= 0.3 is 0 Å². The number of carbonyl (C=O) groups is 3. The van der Waals surface area contributed by atoms with E-state index in [0.29, 0.717) is 39.3 Å². The molecule has 0 unspecified atom stereocenters. The first-order valence-corrected chi connectivity index (χ1v) is 21.7. The molecule has 0 radical (unpaired) electrons. The molecule has 1 aliphatic rings. The number of hydrogen-bond donors (Lipinski definition) is 3. The molecule has 0 aliphatic carbocycles. The number of β-amino-alcohol motifs (C(OH)–C–C–N with tert-alkyl or cyclic N) is 1. The lowest BCUT2D eigenvalue weighted by molar-refractivity contribution is -0.144. The summed E-state index contributed by atoms with van der Waals surface area (Å²) < 4.78 is 17.3. The topological polar surface area (TPSA) is 155 Å². The van der Waals surface area contributed by atoms with Crippen LogP contribution >= 0.6 is 11.3 Å². The Morgan fingerprint density at radius 1 is 0.918 bits per heavy atom. The van der Waals surface area contributed by atoms with Crippen molar-refractivity contribution in [2.45, 2.75) is 71.7 Å². The van der Waals surface area contributed by atoms with Crippen LogP contribution in [-0.2, 0) is 30.4 Å². The molecule has 3 heterocycles. The van der Waals surface area contributed by atoms with Crippen LogP contribution in [0.4, 0.5) is 5.69 Å². The third kappa shape index (κ3) is 12.3. The van der Waals surface area contributed by atoms with Crippen LogP contribution in [0.5, 0.6) is 5.75 Å². The van der Waals surface area contributed by atoms with Gasteiger partial charge < -0.3 is 39.8 Å². The Labute approximate surface area is 362 Å². The second kappa shape index (κ2) is 20.9. The summed E-state index contributed by atoms with van der Waals surface area (Å²) in [6.07, 6.45) is 0.559. The summed E-state index contributed by atoms with van der Waals surface area (Å²) in [5.74, 6) is -0.444. The number of aliphatic hydroxyl groups is 1. The molecule has 1 saturated heterocycles. The molecule has 5 aromatic rings. The molecule has 1 fully saturated rings. The van der Waals surface area contributed by atoms with E-state index in [2.05, 4.69) is 50.8 Å². The Hall–Kier alpha value is -5.41. The van der Waals surface area contributed by atoms with Crippen LogP contribution in [0.1, 0.15) is 51.3 Å². The summed E-state index contributed by atoms with van der Waals surface area (Å²) in [5.41, 5.74) is 8.11. The van der Waals surface area contributed by atoms with Crippen LogP contribution in [0.15, 0.2) is 84.4 Å². The summed E-state index contributed by atoms with van der Waals surface area (Å²) in [4.78, 5) is 54.0. The number of benzene rings is 3. The molecule has 14 heteroatoms. The smallest absolute Gasteiger partial charge is 0.246 e. The van der Waals surface area contributed by atoms with E-state index in [-0.39, 0.29) is 32.0 Å². The Morgan fingerprint density at radius 2 is 1.62 bits per heavy atom. The van der Waals surface area contributed by atoms with Crippen molar-refractivity contribution in [1.82, 2.24) is 25.5 Å². The van der Waals surface area contributed by atoms with Crippen molar-refractivity contribution in [2.24, 2.45) is 5.41 Å². The predicted octanol–water partition coefficient (Wildman–Crippen LogP) is 6.40. The number of anilines is 1. The molecule has 1 aliphatic heterocycles. The van der Waals surface area contributed by atoms with E-state index < -0.39 is 35.4 Å². The zero-order chi connectivity index (χ0) is 43.5. The van der Waals surface area contributed by atoms with Crippen molar-refractivity contribution in [3.63, 3.8) is 0 Å². The highest BCUT2D eigenvalue weighted by molar-refractivity contribution is 7.13. The van der Waals surface area contributed by atoms with Gasteiger partial charge in [-0.05, 0) is 66.3 Å². The highest BCUT2D eigenvalue weighted by atomic mass is 32.1. The molecule has 2 aromatic heterocycles. The fourth-order valence-electron chi connectivity index (χ4n) is 7.15. The molecule has 0 bridgehead atoms. The van der Waals surface area contributed by atoms with Gasteiger partial charge in [0.2, 0.25) is 17.7 Å². The number of pyridine rings is 1. The molecule has 0 saturated carbocycles. The third-order valence-corrected chi connectivity index (χ3v) is 11.5. The standard InChI is InChI=1S/C47H58N6O7S/c1-31-43(61-30-49-31)34-11-9-32(10-12-34)27-48-45(56)41-26-37(54)28-53(41)46(57)44(47(2,3)4)51-42(55)29-59-23-7-21-58-22-8-24-60-38-18-20-40-35(25-38)15-19-39(50-40)33-13-16-36(17-14-33)52(5)6/h9-20,25,30,37,41,44,54H,7-8,21-24,26-29H2,1-6H3,(H,48,56)(H,51,55)/t37-,41+,44-/m1/s1. The lowest BCUT2D eigenvalue weighted by Gasteiger charge is -2.35. The fraction of sp³-hybridized carbons (Fsp3) is 0.426. The summed E-state index contributed by atoms with van der Waals surface area (Å²) in [7, 11) is 4.04. The van der Waals surface area contributed by atoms with Gasteiger partial charge in [0.15, 0.2) is 0 Å². The van der Waals surface area contributed by atoms with E-state index in [4.69, 9.17) is 19.2 Å². The van der Waals surface area contributed by atoms with Crippen LogP contribution in [0, 0.1) is 12.3 Å². The first-order valence-electron chi connectivity index (χ1n) is 20.8. The Morgan fingerprint density at radius 3 is 2.31 bits per heavy atom. The van der Waals surface area contributed by atoms with Crippen LogP contribution in [0.25, 0.3) is 32.6 Å². The maximum absolute atomic E-state index is 13.9. The first kappa shape index (κ1) is 45.1. The number of fused-ring (bicyclic) bond motifs is 1. The molecule has 3 amide bonds. The van der Waals surface area contributed by atoms with Gasteiger partial charge in [-0.2, -0.15) is 0 Å². The van der Waals surface area contributed by atoms with Crippen molar-refractivity contribution in [3.8, 4) is 27.4 Å². The van der Waals surface area contributed by atoms with Crippen molar-refractivity contribution in [2.75, 3.05) is 58.6 Å². The van der Waals surface area contributed by atoms with Crippen LogP contribution in [-0.4, -0.2) is 110 Å². The van der Waals surface area contributed by atoms with E-state index in [1.807, 2.05) is 95.8 Å². The van der Waals surface area contributed by atoms with E-state index in [1.54, 1.807) is 11.3 Å². The molecule has 3 N–H and O–H groups in total. The quantitative estimate of drug-likeness (QED) is 0.0796. The van der Waals surface area contributed by atoms with Crippen LogP contribution in [0.3, 0.4) is 0 Å². The SMILES string of the molecule is Cc1ncsc1-c1ccc(CNC(=O)[C@@H]2C[C@@H](O)CN2C(=O)[C@@H](NC(=O)COCCCOCCCOc2ccc3nc(-c4ccc(N(C)C)cc4)ccc3c2)C(C)(C)C)cc1. The van der Waals surface area contributed by atoms with Gasteiger partial charge in [0.05, 0.1) is 40.0 Å². The largest absolute Gasteiger partial charge is 0.493 e. The zero-order valence-electron chi connectivity index (χ0n) is 36.0. The number of aromatic nitrogens is 2. The number of rotatable bonds is 19. The Bertz CT molecular complexity index is 2240. The van der Waals surface area contributed by atoms with Gasteiger partial charge in [-0.1, -0.05) is 63.2 Å². The van der Waals surface area contributed by atoms with Gasteiger partial charge in [-0.3, -0.25) is 14.4 Å². The minimum atomic E-state index is -0.937. The first-order chi connectivity index (χ1) is 29.3.